The van der Waals surface area contributed by atoms with Gasteiger partial charge in [-0.15, -0.1) is 8.78 Å². The first-order valence-corrected chi connectivity index (χ1v) is 11.6. The Balaban J connectivity index is 1.39. The molecule has 0 unspecified atom stereocenters. The number of carbonyl (C=O) groups is 2. The van der Waals surface area contributed by atoms with Crippen LogP contribution >= 0.6 is 11.6 Å². The van der Waals surface area contributed by atoms with Gasteiger partial charge < -0.3 is 24.3 Å². The van der Waals surface area contributed by atoms with E-state index in [0.29, 0.717) is 0 Å². The van der Waals surface area contributed by atoms with Gasteiger partial charge in [0.15, 0.2) is 18.1 Å². The quantitative estimate of drug-likeness (QED) is 0.579. The molecule has 182 valence electrons. The molecule has 10 nitrogen and oxygen atoms in total. The van der Waals surface area contributed by atoms with Crippen LogP contribution in [0.25, 0.3) is 0 Å². The van der Waals surface area contributed by atoms with Crippen LogP contribution in [-0.4, -0.2) is 63.8 Å². The Morgan fingerprint density at radius 3 is 2.53 bits per heavy atom. The van der Waals surface area contributed by atoms with Crippen molar-refractivity contribution in [1.29, 1.82) is 0 Å². The molecule has 0 aliphatic carbocycles. The second-order valence-electron chi connectivity index (χ2n) is 7.11. The molecule has 0 saturated carbocycles. The zero-order valence-electron chi connectivity index (χ0n) is 17.3. The van der Waals surface area contributed by atoms with Crippen LogP contribution in [0, 0.1) is 0 Å². The fourth-order valence-corrected chi connectivity index (χ4v) is 5.10. The number of benzene rings is 2. The van der Waals surface area contributed by atoms with Crippen molar-refractivity contribution >= 4 is 39.2 Å². The lowest BCUT2D eigenvalue weighted by atomic mass is 10.2. The smallest absolute Gasteiger partial charge is 0.452 e. The molecule has 4 rings (SSSR count). The SMILES string of the molecule is O=C(COC(=O)c1ccc(Cl)c(S(=O)(=O)N2CCOCC2)c1)Nc1ccc2c(c1)OC(F)(F)O2. The van der Waals surface area contributed by atoms with Gasteiger partial charge in [0, 0.05) is 24.8 Å². The van der Waals surface area contributed by atoms with Crippen LogP contribution in [0.2, 0.25) is 5.02 Å². The molecular formula is C20H17ClF2N2O8S. The second kappa shape index (κ2) is 9.33. The third-order valence-corrected chi connectivity index (χ3v) is 7.15. The van der Waals surface area contributed by atoms with Crippen LogP contribution in [0.4, 0.5) is 14.5 Å². The van der Waals surface area contributed by atoms with E-state index in [4.69, 9.17) is 21.1 Å². The predicted molar refractivity (Wildman–Crippen MR) is 113 cm³/mol. The van der Waals surface area contributed by atoms with Crippen molar-refractivity contribution < 1.29 is 45.7 Å². The number of fused-ring (bicyclic) bond motifs is 1. The fourth-order valence-electron chi connectivity index (χ4n) is 3.19. The molecule has 0 aromatic heterocycles. The molecule has 1 N–H and O–H groups in total. The summed E-state index contributed by atoms with van der Waals surface area (Å²) in [6.45, 7) is 0.0343. The normalized spacial score (nSPS) is 17.3. The summed E-state index contributed by atoms with van der Waals surface area (Å²) in [5.74, 6) is -2.19. The topological polar surface area (TPSA) is 120 Å². The monoisotopic (exact) mass is 518 g/mol. The average molecular weight is 519 g/mol. The molecule has 0 atom stereocenters. The van der Waals surface area contributed by atoms with Gasteiger partial charge in [0.05, 0.1) is 23.8 Å². The van der Waals surface area contributed by atoms with Gasteiger partial charge in [-0.2, -0.15) is 4.31 Å². The number of rotatable bonds is 6. The summed E-state index contributed by atoms with van der Waals surface area (Å²) in [6, 6.07) is 7.18. The van der Waals surface area contributed by atoms with E-state index in [1.54, 1.807) is 0 Å². The lowest BCUT2D eigenvalue weighted by Crippen LogP contribution is -2.40. The van der Waals surface area contributed by atoms with Gasteiger partial charge in [0.2, 0.25) is 10.0 Å². The van der Waals surface area contributed by atoms with Gasteiger partial charge in [0.1, 0.15) is 4.90 Å². The van der Waals surface area contributed by atoms with E-state index in [9.17, 15) is 26.8 Å². The Labute approximate surface area is 197 Å². The van der Waals surface area contributed by atoms with Crippen molar-refractivity contribution in [2.24, 2.45) is 0 Å². The molecule has 1 fully saturated rings. The van der Waals surface area contributed by atoms with Crippen molar-refractivity contribution in [3.8, 4) is 11.5 Å². The zero-order chi connectivity index (χ0) is 24.5. The number of anilines is 1. The summed E-state index contributed by atoms with van der Waals surface area (Å²) in [6.07, 6.45) is -3.80. The van der Waals surface area contributed by atoms with Gasteiger partial charge in [-0.1, -0.05) is 11.6 Å². The molecule has 14 heteroatoms. The third kappa shape index (κ3) is 5.22. The number of nitrogens with zero attached hydrogens (tertiary/aromatic N) is 1. The Hall–Kier alpha value is -3.00. The molecule has 0 spiro atoms. The molecule has 1 amide bonds. The minimum atomic E-state index is -3.98. The lowest BCUT2D eigenvalue weighted by molar-refractivity contribution is -0.286. The van der Waals surface area contributed by atoms with Crippen molar-refractivity contribution in [3.05, 3.63) is 47.0 Å². The van der Waals surface area contributed by atoms with E-state index in [-0.39, 0.29) is 59.0 Å². The maximum atomic E-state index is 13.1. The maximum Gasteiger partial charge on any atom is 0.586 e. The van der Waals surface area contributed by atoms with Crippen molar-refractivity contribution in [2.45, 2.75) is 11.2 Å². The standard InChI is InChI=1S/C20H17ClF2N2O8S/c21-14-3-1-12(9-17(14)34(28,29)25-5-7-30-8-6-25)19(27)31-11-18(26)24-13-2-4-15-16(10-13)33-20(22,23)32-15/h1-4,9-10H,5-8,11H2,(H,24,26). The highest BCUT2D eigenvalue weighted by atomic mass is 35.5. The minimum Gasteiger partial charge on any atom is -0.452 e. The Bertz CT molecular complexity index is 1240. The van der Waals surface area contributed by atoms with E-state index >= 15 is 0 Å². The van der Waals surface area contributed by atoms with Gasteiger partial charge in [0.25, 0.3) is 5.91 Å². The molecular weight excluding hydrogens is 502 g/mol. The molecule has 1 saturated heterocycles. The lowest BCUT2D eigenvalue weighted by Gasteiger charge is -2.26. The van der Waals surface area contributed by atoms with E-state index in [1.165, 1.54) is 28.6 Å². The van der Waals surface area contributed by atoms with Gasteiger partial charge >= 0.3 is 12.3 Å². The van der Waals surface area contributed by atoms with Gasteiger partial charge in [-0.25, -0.2) is 13.2 Å². The van der Waals surface area contributed by atoms with Crippen LogP contribution in [0.15, 0.2) is 41.3 Å². The summed E-state index contributed by atoms with van der Waals surface area (Å²) in [7, 11) is -3.98. The third-order valence-electron chi connectivity index (χ3n) is 4.77. The van der Waals surface area contributed by atoms with E-state index in [0.717, 1.165) is 12.1 Å². The molecule has 2 heterocycles. The molecule has 0 radical (unpaired) electrons. The number of esters is 1. The average Bonchev–Trinajstić information content (AvgIpc) is 3.11. The highest BCUT2D eigenvalue weighted by Gasteiger charge is 2.43. The van der Waals surface area contributed by atoms with Gasteiger partial charge in [-0.05, 0) is 30.3 Å². The van der Waals surface area contributed by atoms with E-state index in [1.807, 2.05) is 0 Å². The molecule has 2 aliphatic heterocycles. The van der Waals surface area contributed by atoms with E-state index in [2.05, 4.69) is 14.8 Å². The molecule has 2 aliphatic rings. The Kier molecular flexibility index (Phi) is 6.62. The van der Waals surface area contributed by atoms with E-state index < -0.39 is 34.8 Å². The van der Waals surface area contributed by atoms with Crippen molar-refractivity contribution in [2.75, 3.05) is 38.2 Å². The molecule has 2 aromatic rings. The highest BCUT2D eigenvalue weighted by Crippen LogP contribution is 2.42. The fraction of sp³-hybridized carbons (Fsp3) is 0.300. The Morgan fingerprint density at radius 1 is 1.09 bits per heavy atom. The van der Waals surface area contributed by atoms with Crippen LogP contribution in [0.5, 0.6) is 11.5 Å². The molecule has 2 aromatic carbocycles. The zero-order valence-corrected chi connectivity index (χ0v) is 18.8. The number of sulfonamides is 1. The van der Waals surface area contributed by atoms with Crippen LogP contribution < -0.4 is 14.8 Å². The number of morpholine rings is 1. The summed E-state index contributed by atoms with van der Waals surface area (Å²) in [5.41, 5.74) is -0.0270. The maximum absolute atomic E-state index is 13.1. The van der Waals surface area contributed by atoms with Gasteiger partial charge in [-0.3, -0.25) is 4.79 Å². The first-order chi connectivity index (χ1) is 16.0. The number of hydrogen-bond acceptors (Lipinski definition) is 8. The number of ether oxygens (including phenoxy) is 4. The number of alkyl halides is 2. The van der Waals surface area contributed by atoms with Crippen LogP contribution in [0.3, 0.4) is 0 Å². The first-order valence-electron chi connectivity index (χ1n) is 9.79. The Morgan fingerprint density at radius 2 is 1.79 bits per heavy atom. The summed E-state index contributed by atoms with van der Waals surface area (Å²) < 4.78 is 71.8. The predicted octanol–water partition coefficient (Wildman–Crippen LogP) is 2.48. The summed E-state index contributed by atoms with van der Waals surface area (Å²) in [5, 5.41) is 2.29. The minimum absolute atomic E-state index is 0.0748. The number of hydrogen-bond donors (Lipinski definition) is 1. The summed E-state index contributed by atoms with van der Waals surface area (Å²) >= 11 is 6.06. The first kappa shape index (κ1) is 24.1. The second-order valence-corrected chi connectivity index (χ2v) is 9.43. The summed E-state index contributed by atoms with van der Waals surface area (Å²) in [4.78, 5) is 24.2. The molecule has 34 heavy (non-hydrogen) atoms. The van der Waals surface area contributed by atoms with Crippen LogP contribution in [-0.2, 0) is 24.3 Å². The number of halogens is 3. The number of nitrogens with one attached hydrogen (secondary N) is 1. The largest absolute Gasteiger partial charge is 0.586 e. The highest BCUT2D eigenvalue weighted by molar-refractivity contribution is 7.89. The number of carbonyl (C=O) groups excluding carboxylic acids is 2. The van der Waals surface area contributed by atoms with Crippen molar-refractivity contribution in [3.63, 3.8) is 0 Å². The molecule has 0 bridgehead atoms. The van der Waals surface area contributed by atoms with Crippen molar-refractivity contribution in [1.82, 2.24) is 4.31 Å². The van der Waals surface area contributed by atoms with Crippen LogP contribution in [0.1, 0.15) is 10.4 Å². The number of amides is 1.